The van der Waals surface area contributed by atoms with Crippen molar-refractivity contribution >= 4 is 22.9 Å². The fourth-order valence-electron chi connectivity index (χ4n) is 3.12. The van der Waals surface area contributed by atoms with E-state index in [1.807, 2.05) is 26.0 Å². The molecule has 0 aliphatic carbocycles. The first-order chi connectivity index (χ1) is 17.2. The summed E-state index contributed by atoms with van der Waals surface area (Å²) in [4.78, 5) is 25.8. The van der Waals surface area contributed by atoms with Crippen LogP contribution in [-0.4, -0.2) is 54.8 Å². The van der Waals surface area contributed by atoms with Gasteiger partial charge in [-0.1, -0.05) is 51.2 Å². The maximum Gasteiger partial charge on any atom is 0.323 e. The van der Waals surface area contributed by atoms with Crippen LogP contribution in [-0.2, 0) is 5.41 Å². The third kappa shape index (κ3) is 6.82. The number of likely N-dealkylation sites (N-methyl/N-ethyl adjacent to an activating group) is 1. The van der Waals surface area contributed by atoms with E-state index in [2.05, 4.69) is 52.4 Å². The number of hydrogen-bond acceptors (Lipinski definition) is 10. The van der Waals surface area contributed by atoms with Gasteiger partial charge in [-0.15, -0.1) is 0 Å². The first-order valence-corrected chi connectivity index (χ1v) is 12.4. The first kappa shape index (κ1) is 27.2. The standard InChI is InChI=1S/C25H33N5O5S/c1-8-26-11-12-34-23-29-21(32-6)19(22(30-23)33-7)28-20(31)17-14-36-24(27-17)35-18-13-16(25(3,4)5)10-9-15(18)2/h9-10,13-14,26H,8,11-12H2,1-7H3,(H,28,31). The molecular formula is C25H33N5O5S. The molecule has 36 heavy (non-hydrogen) atoms. The number of hydrogen-bond donors (Lipinski definition) is 2. The maximum atomic E-state index is 13.0. The molecule has 0 spiro atoms. The number of nitrogens with one attached hydrogen (secondary N) is 2. The monoisotopic (exact) mass is 515 g/mol. The Kier molecular flexibility index (Phi) is 9.05. The van der Waals surface area contributed by atoms with Gasteiger partial charge in [0, 0.05) is 11.9 Å². The molecule has 2 heterocycles. The van der Waals surface area contributed by atoms with Gasteiger partial charge in [-0.05, 0) is 36.1 Å². The summed E-state index contributed by atoms with van der Waals surface area (Å²) in [5, 5.41) is 7.84. The Hall–Kier alpha value is -3.44. The van der Waals surface area contributed by atoms with Crippen molar-refractivity contribution in [2.45, 2.75) is 40.0 Å². The van der Waals surface area contributed by atoms with Crippen molar-refractivity contribution in [3.05, 3.63) is 40.4 Å². The van der Waals surface area contributed by atoms with Gasteiger partial charge in [0.25, 0.3) is 11.1 Å². The van der Waals surface area contributed by atoms with Gasteiger partial charge in [-0.2, -0.15) is 15.0 Å². The SMILES string of the molecule is CCNCCOc1nc(OC)c(NC(=O)c2csc(Oc3cc(C(C)(C)C)ccc3C)n2)c(OC)n1. The lowest BCUT2D eigenvalue weighted by atomic mass is 9.86. The van der Waals surface area contributed by atoms with E-state index in [0.717, 1.165) is 17.7 Å². The maximum absolute atomic E-state index is 13.0. The van der Waals surface area contributed by atoms with E-state index >= 15 is 0 Å². The van der Waals surface area contributed by atoms with E-state index in [-0.39, 0.29) is 34.6 Å². The van der Waals surface area contributed by atoms with Crippen LogP contribution in [0.3, 0.4) is 0 Å². The zero-order valence-electron chi connectivity index (χ0n) is 21.7. The molecular weight excluding hydrogens is 482 g/mol. The van der Waals surface area contributed by atoms with Crippen molar-refractivity contribution in [2.75, 3.05) is 39.2 Å². The zero-order chi connectivity index (χ0) is 26.3. The number of nitrogens with zero attached hydrogens (tertiary/aromatic N) is 3. The van der Waals surface area contributed by atoms with Crippen molar-refractivity contribution in [1.82, 2.24) is 20.3 Å². The number of carbonyl (C=O) groups excluding carboxylic acids is 1. The molecule has 0 unspecified atom stereocenters. The number of amides is 1. The lowest BCUT2D eigenvalue weighted by Gasteiger charge is -2.20. The molecule has 0 fully saturated rings. The summed E-state index contributed by atoms with van der Waals surface area (Å²) < 4.78 is 22.3. The Bertz CT molecular complexity index is 1170. The molecule has 0 atom stereocenters. The number of carbonyl (C=O) groups is 1. The summed E-state index contributed by atoms with van der Waals surface area (Å²) >= 11 is 1.23. The third-order valence-electron chi connectivity index (χ3n) is 5.17. The van der Waals surface area contributed by atoms with Gasteiger partial charge >= 0.3 is 6.01 Å². The molecule has 0 bridgehead atoms. The second-order valence-electron chi connectivity index (χ2n) is 8.89. The van der Waals surface area contributed by atoms with Gasteiger partial charge in [0.1, 0.15) is 18.1 Å². The minimum atomic E-state index is -0.484. The van der Waals surface area contributed by atoms with Crippen LogP contribution >= 0.6 is 11.3 Å². The van der Waals surface area contributed by atoms with E-state index < -0.39 is 5.91 Å². The topological polar surface area (TPSA) is 117 Å². The molecule has 2 N–H and O–H groups in total. The molecule has 2 aromatic heterocycles. The lowest BCUT2D eigenvalue weighted by molar-refractivity contribution is 0.102. The van der Waals surface area contributed by atoms with E-state index in [0.29, 0.717) is 24.1 Å². The summed E-state index contributed by atoms with van der Waals surface area (Å²) in [5.41, 5.74) is 2.45. The summed E-state index contributed by atoms with van der Waals surface area (Å²) in [5.74, 6) is 0.428. The molecule has 10 nitrogen and oxygen atoms in total. The minimum absolute atomic E-state index is 0.0209. The molecule has 11 heteroatoms. The Morgan fingerprint density at radius 1 is 1.08 bits per heavy atom. The Morgan fingerprint density at radius 2 is 1.78 bits per heavy atom. The average Bonchev–Trinajstić information content (AvgIpc) is 3.31. The summed E-state index contributed by atoms with van der Waals surface area (Å²) in [7, 11) is 2.87. The number of thiazole rings is 1. The number of rotatable bonds is 11. The number of aryl methyl sites for hydroxylation is 1. The van der Waals surface area contributed by atoms with Crippen LogP contribution in [0.5, 0.6) is 28.7 Å². The molecule has 1 amide bonds. The van der Waals surface area contributed by atoms with Crippen LogP contribution in [0, 0.1) is 6.92 Å². The molecule has 194 valence electrons. The number of methoxy groups -OCH3 is 2. The molecule has 1 aromatic carbocycles. The highest BCUT2D eigenvalue weighted by molar-refractivity contribution is 7.11. The van der Waals surface area contributed by atoms with Gasteiger partial charge in [-0.3, -0.25) is 4.79 Å². The van der Waals surface area contributed by atoms with Crippen LogP contribution in [0.1, 0.15) is 49.3 Å². The molecule has 0 saturated heterocycles. The Labute approximate surface area is 215 Å². The van der Waals surface area contributed by atoms with Crippen molar-refractivity contribution < 1.29 is 23.7 Å². The normalized spacial score (nSPS) is 11.2. The summed E-state index contributed by atoms with van der Waals surface area (Å²) in [6.07, 6.45) is 0. The van der Waals surface area contributed by atoms with E-state index in [1.165, 1.54) is 25.6 Å². The Balaban J connectivity index is 1.76. The quantitative estimate of drug-likeness (QED) is 0.354. The van der Waals surface area contributed by atoms with Crippen LogP contribution in [0.25, 0.3) is 0 Å². The second kappa shape index (κ2) is 12.0. The minimum Gasteiger partial charge on any atom is -0.479 e. The largest absolute Gasteiger partial charge is 0.479 e. The lowest BCUT2D eigenvalue weighted by Crippen LogP contribution is -2.21. The van der Waals surface area contributed by atoms with Crippen molar-refractivity contribution in [3.63, 3.8) is 0 Å². The number of benzene rings is 1. The second-order valence-corrected chi connectivity index (χ2v) is 9.71. The molecule has 0 radical (unpaired) electrons. The summed E-state index contributed by atoms with van der Waals surface area (Å²) in [6.45, 7) is 12.2. The fourth-order valence-corrected chi connectivity index (χ4v) is 3.78. The van der Waals surface area contributed by atoms with Gasteiger partial charge < -0.3 is 29.6 Å². The van der Waals surface area contributed by atoms with E-state index in [4.69, 9.17) is 18.9 Å². The van der Waals surface area contributed by atoms with Crippen LogP contribution in [0.15, 0.2) is 23.6 Å². The highest BCUT2D eigenvalue weighted by atomic mass is 32.1. The number of anilines is 1. The van der Waals surface area contributed by atoms with Crippen molar-refractivity contribution in [2.24, 2.45) is 0 Å². The van der Waals surface area contributed by atoms with Gasteiger partial charge in [0.15, 0.2) is 5.69 Å². The van der Waals surface area contributed by atoms with Gasteiger partial charge in [0.2, 0.25) is 11.8 Å². The van der Waals surface area contributed by atoms with Gasteiger partial charge in [0.05, 0.1) is 14.2 Å². The fraction of sp³-hybridized carbons (Fsp3) is 0.440. The van der Waals surface area contributed by atoms with Crippen LogP contribution in [0.4, 0.5) is 5.69 Å². The zero-order valence-corrected chi connectivity index (χ0v) is 22.5. The third-order valence-corrected chi connectivity index (χ3v) is 5.89. The predicted molar refractivity (Wildman–Crippen MR) is 139 cm³/mol. The van der Waals surface area contributed by atoms with Gasteiger partial charge in [-0.25, -0.2) is 0 Å². The Morgan fingerprint density at radius 3 is 2.39 bits per heavy atom. The highest BCUT2D eigenvalue weighted by Crippen LogP contribution is 2.35. The molecule has 3 aromatic rings. The van der Waals surface area contributed by atoms with Crippen molar-refractivity contribution in [3.8, 4) is 28.7 Å². The average molecular weight is 516 g/mol. The molecule has 0 aliphatic heterocycles. The van der Waals surface area contributed by atoms with Crippen LogP contribution in [0.2, 0.25) is 0 Å². The molecule has 0 saturated carbocycles. The first-order valence-electron chi connectivity index (χ1n) is 11.6. The number of aromatic nitrogens is 3. The molecule has 3 rings (SSSR count). The number of ether oxygens (including phenoxy) is 4. The van der Waals surface area contributed by atoms with E-state index in [9.17, 15) is 4.79 Å². The van der Waals surface area contributed by atoms with E-state index in [1.54, 1.807) is 5.38 Å². The smallest absolute Gasteiger partial charge is 0.323 e. The van der Waals surface area contributed by atoms with Crippen LogP contribution < -0.4 is 29.6 Å². The highest BCUT2D eigenvalue weighted by Gasteiger charge is 2.22. The molecule has 0 aliphatic rings. The van der Waals surface area contributed by atoms with Crippen molar-refractivity contribution in [1.29, 1.82) is 0 Å². The predicted octanol–water partition coefficient (Wildman–Crippen LogP) is 4.59. The summed E-state index contributed by atoms with van der Waals surface area (Å²) in [6, 6.07) is 6.19.